The van der Waals surface area contributed by atoms with Crippen molar-refractivity contribution in [1.82, 2.24) is 19.9 Å². The lowest BCUT2D eigenvalue weighted by Gasteiger charge is -2.33. The molecule has 6 N–H and O–H groups in total. The van der Waals surface area contributed by atoms with E-state index in [1.165, 1.54) is 24.5 Å². The van der Waals surface area contributed by atoms with Crippen LogP contribution in [-0.2, 0) is 0 Å². The zero-order chi connectivity index (χ0) is 25.2. The Kier molecular flexibility index (Phi) is 6.55. The SMILES string of the molecule is Nc1ncc(-c2ccc(OC(F)(F)F)cc2)nc1C(=O)Nc1[nH]c(=O)ncc1N1CCCC(N)C1. The number of alkyl halides is 3. The number of carbonyl (C=O) groups excluding carboxylic acids is 1. The van der Waals surface area contributed by atoms with Crippen LogP contribution in [0.15, 0.2) is 41.5 Å². The third kappa shape index (κ3) is 5.84. The molecule has 35 heavy (non-hydrogen) atoms. The number of hydrogen-bond donors (Lipinski definition) is 4. The van der Waals surface area contributed by atoms with Crippen LogP contribution in [0.2, 0.25) is 0 Å². The lowest BCUT2D eigenvalue weighted by atomic mass is 10.1. The van der Waals surface area contributed by atoms with Crippen molar-refractivity contribution in [2.24, 2.45) is 5.73 Å². The van der Waals surface area contributed by atoms with Gasteiger partial charge in [-0.05, 0) is 37.1 Å². The molecule has 1 aliphatic heterocycles. The third-order valence-electron chi connectivity index (χ3n) is 5.23. The van der Waals surface area contributed by atoms with E-state index in [2.05, 4.69) is 30.0 Å². The molecular formula is C21H21F3N8O3. The van der Waals surface area contributed by atoms with Crippen LogP contribution < -0.4 is 32.1 Å². The van der Waals surface area contributed by atoms with E-state index in [9.17, 15) is 22.8 Å². The Morgan fingerprint density at radius 3 is 2.63 bits per heavy atom. The molecule has 1 atom stereocenters. The van der Waals surface area contributed by atoms with Gasteiger partial charge < -0.3 is 26.4 Å². The van der Waals surface area contributed by atoms with Crippen molar-refractivity contribution in [3.05, 3.63) is 52.8 Å². The number of piperidine rings is 1. The van der Waals surface area contributed by atoms with Crippen molar-refractivity contribution >= 4 is 23.2 Å². The molecule has 14 heteroatoms. The normalized spacial score (nSPS) is 16.1. The Morgan fingerprint density at radius 1 is 1.20 bits per heavy atom. The van der Waals surface area contributed by atoms with E-state index in [1.807, 2.05) is 4.90 Å². The summed E-state index contributed by atoms with van der Waals surface area (Å²) in [7, 11) is 0. The van der Waals surface area contributed by atoms with Gasteiger partial charge in [-0.3, -0.25) is 9.78 Å². The van der Waals surface area contributed by atoms with Crippen molar-refractivity contribution in [1.29, 1.82) is 0 Å². The Morgan fingerprint density at radius 2 is 1.94 bits per heavy atom. The highest BCUT2D eigenvalue weighted by molar-refractivity contribution is 6.06. The maximum Gasteiger partial charge on any atom is 0.573 e. The minimum Gasteiger partial charge on any atom is -0.406 e. The second-order valence-corrected chi connectivity index (χ2v) is 7.81. The fourth-order valence-corrected chi connectivity index (χ4v) is 3.66. The van der Waals surface area contributed by atoms with Crippen LogP contribution in [0.3, 0.4) is 0 Å². The average molecular weight is 490 g/mol. The zero-order valence-corrected chi connectivity index (χ0v) is 18.2. The number of hydrogen-bond acceptors (Lipinski definition) is 9. The second-order valence-electron chi connectivity index (χ2n) is 7.81. The molecule has 1 saturated heterocycles. The third-order valence-corrected chi connectivity index (χ3v) is 5.23. The minimum absolute atomic E-state index is 0.0645. The van der Waals surface area contributed by atoms with Crippen LogP contribution in [0.4, 0.5) is 30.5 Å². The summed E-state index contributed by atoms with van der Waals surface area (Å²) < 4.78 is 41.0. The van der Waals surface area contributed by atoms with Crippen molar-refractivity contribution in [3.8, 4) is 17.0 Å². The second kappa shape index (κ2) is 9.58. The van der Waals surface area contributed by atoms with E-state index in [-0.39, 0.29) is 29.1 Å². The number of halogens is 3. The van der Waals surface area contributed by atoms with Crippen molar-refractivity contribution in [2.75, 3.05) is 29.0 Å². The molecule has 0 aliphatic carbocycles. The molecule has 0 radical (unpaired) electrons. The first kappa shape index (κ1) is 23.9. The van der Waals surface area contributed by atoms with Gasteiger partial charge in [0.2, 0.25) is 0 Å². The van der Waals surface area contributed by atoms with Crippen LogP contribution in [0, 0.1) is 0 Å². The van der Waals surface area contributed by atoms with Gasteiger partial charge in [0, 0.05) is 24.7 Å². The first-order valence-corrected chi connectivity index (χ1v) is 10.5. The lowest BCUT2D eigenvalue weighted by Crippen LogP contribution is -2.43. The monoisotopic (exact) mass is 490 g/mol. The highest BCUT2D eigenvalue weighted by atomic mass is 19.4. The maximum absolute atomic E-state index is 13.0. The number of benzene rings is 1. The molecule has 3 heterocycles. The maximum atomic E-state index is 13.0. The summed E-state index contributed by atoms with van der Waals surface area (Å²) in [5.74, 6) is -1.24. The summed E-state index contributed by atoms with van der Waals surface area (Å²) in [4.78, 5) is 41.2. The van der Waals surface area contributed by atoms with E-state index >= 15 is 0 Å². The fraction of sp³-hybridized carbons (Fsp3) is 0.286. The van der Waals surface area contributed by atoms with E-state index < -0.39 is 23.7 Å². The summed E-state index contributed by atoms with van der Waals surface area (Å²) in [6.07, 6.45) is -0.499. The zero-order valence-electron chi connectivity index (χ0n) is 18.2. The predicted molar refractivity (Wildman–Crippen MR) is 121 cm³/mol. The standard InChI is InChI=1S/C21H21F3N8O3/c22-21(23,24)35-13-5-3-11(4-6-13)14-8-27-17(26)16(29-14)19(33)30-18-15(9-28-20(34)31-18)32-7-1-2-12(25)10-32/h3-6,8-9,12H,1-2,7,10,25H2,(H2,26,27)(H2,28,30,31,33,34). The summed E-state index contributed by atoms with van der Waals surface area (Å²) in [5.41, 5.74) is 12.0. The summed E-state index contributed by atoms with van der Waals surface area (Å²) in [6, 6.07) is 4.82. The van der Waals surface area contributed by atoms with Gasteiger partial charge in [-0.1, -0.05) is 0 Å². The molecule has 1 aliphatic rings. The van der Waals surface area contributed by atoms with Crippen LogP contribution >= 0.6 is 0 Å². The number of H-pyrrole nitrogens is 1. The molecule has 0 bridgehead atoms. The number of carbonyl (C=O) groups is 1. The van der Waals surface area contributed by atoms with Crippen LogP contribution in [0.5, 0.6) is 5.75 Å². The molecule has 0 saturated carbocycles. The van der Waals surface area contributed by atoms with Crippen molar-refractivity contribution < 1.29 is 22.7 Å². The molecule has 3 aromatic rings. The fourth-order valence-electron chi connectivity index (χ4n) is 3.66. The van der Waals surface area contributed by atoms with E-state index in [0.29, 0.717) is 24.3 Å². The molecule has 1 amide bonds. The topological polar surface area (TPSA) is 165 Å². The molecule has 184 valence electrons. The number of ether oxygens (including phenoxy) is 1. The van der Waals surface area contributed by atoms with Crippen molar-refractivity contribution in [3.63, 3.8) is 0 Å². The number of aromatic nitrogens is 4. The largest absolute Gasteiger partial charge is 0.573 e. The molecule has 1 aromatic carbocycles. The lowest BCUT2D eigenvalue weighted by molar-refractivity contribution is -0.274. The van der Waals surface area contributed by atoms with Gasteiger partial charge >= 0.3 is 12.1 Å². The highest BCUT2D eigenvalue weighted by Crippen LogP contribution is 2.27. The number of nitrogens with two attached hydrogens (primary N) is 2. The average Bonchev–Trinajstić information content (AvgIpc) is 2.79. The highest BCUT2D eigenvalue weighted by Gasteiger charge is 2.31. The number of aromatic amines is 1. The number of nitrogens with one attached hydrogen (secondary N) is 2. The summed E-state index contributed by atoms with van der Waals surface area (Å²) >= 11 is 0. The molecular weight excluding hydrogens is 469 g/mol. The Hall–Kier alpha value is -4.20. The first-order chi connectivity index (χ1) is 16.6. The van der Waals surface area contributed by atoms with Gasteiger partial charge in [-0.2, -0.15) is 4.98 Å². The summed E-state index contributed by atoms with van der Waals surface area (Å²) in [5, 5.41) is 2.59. The molecule has 2 aromatic heterocycles. The number of nitrogen functional groups attached to an aromatic ring is 1. The minimum atomic E-state index is -4.82. The molecule has 1 fully saturated rings. The van der Waals surface area contributed by atoms with Crippen LogP contribution in [-0.4, -0.2) is 51.3 Å². The Bertz CT molecular complexity index is 1280. The van der Waals surface area contributed by atoms with Crippen LogP contribution in [0.1, 0.15) is 23.3 Å². The number of rotatable bonds is 5. The predicted octanol–water partition coefficient (Wildman–Crippen LogP) is 1.89. The quantitative estimate of drug-likeness (QED) is 0.418. The van der Waals surface area contributed by atoms with Crippen LogP contribution in [0.25, 0.3) is 11.3 Å². The number of nitrogens with zero attached hydrogens (tertiary/aromatic N) is 4. The van der Waals surface area contributed by atoms with Crippen molar-refractivity contribution in [2.45, 2.75) is 25.2 Å². The molecule has 11 nitrogen and oxygen atoms in total. The van der Waals surface area contributed by atoms with Gasteiger partial charge in [0.25, 0.3) is 5.91 Å². The van der Waals surface area contributed by atoms with Gasteiger partial charge in [0.05, 0.1) is 23.8 Å². The molecule has 0 spiro atoms. The molecule has 1 unspecified atom stereocenters. The van der Waals surface area contributed by atoms with Gasteiger partial charge in [-0.15, -0.1) is 13.2 Å². The molecule has 4 rings (SSSR count). The first-order valence-electron chi connectivity index (χ1n) is 10.5. The van der Waals surface area contributed by atoms with Gasteiger partial charge in [0.15, 0.2) is 11.5 Å². The van der Waals surface area contributed by atoms with E-state index in [1.54, 1.807) is 0 Å². The number of amides is 1. The Balaban J connectivity index is 1.59. The van der Waals surface area contributed by atoms with E-state index in [0.717, 1.165) is 25.0 Å². The Labute approximate surface area is 196 Å². The van der Waals surface area contributed by atoms with Gasteiger partial charge in [0.1, 0.15) is 11.6 Å². The summed E-state index contributed by atoms with van der Waals surface area (Å²) in [6.45, 7) is 1.18. The number of anilines is 3. The van der Waals surface area contributed by atoms with E-state index in [4.69, 9.17) is 11.5 Å². The smallest absolute Gasteiger partial charge is 0.406 e. The van der Waals surface area contributed by atoms with Gasteiger partial charge in [-0.25, -0.2) is 14.8 Å².